The fourth-order valence-corrected chi connectivity index (χ4v) is 8.82. The summed E-state index contributed by atoms with van der Waals surface area (Å²) in [6.45, 7) is 19.5. The van der Waals surface area contributed by atoms with E-state index in [0.29, 0.717) is 37.4 Å². The SMILES string of the molecule is C=C(CCC(C(=O)NO)C1C(O)CC2(C)C3=CCC4C(C)(C)C(=O)CCC4(C)C3=CCC12C)C(C)C. The first-order valence-electron chi connectivity index (χ1n) is 13.9. The van der Waals surface area contributed by atoms with Crippen LogP contribution in [0.15, 0.2) is 35.5 Å². The van der Waals surface area contributed by atoms with Gasteiger partial charge in [-0.3, -0.25) is 14.8 Å². The number of aliphatic hydroxyl groups excluding tert-OH is 1. The Kier molecular flexibility index (Phi) is 6.78. The number of allylic oxidation sites excluding steroid dienone is 5. The molecule has 0 saturated heterocycles. The van der Waals surface area contributed by atoms with Crippen LogP contribution in [-0.2, 0) is 9.59 Å². The summed E-state index contributed by atoms with van der Waals surface area (Å²) >= 11 is 0. The summed E-state index contributed by atoms with van der Waals surface area (Å²) in [5, 5.41) is 21.2. The average molecular weight is 498 g/mol. The standard InChI is InChI=1S/C31H47NO4/c1-18(2)19(3)9-10-20(27(35)32-36)26-23(33)17-31(8)22-11-12-24-28(4,5)25(34)14-15-29(24,6)21(22)13-16-30(26,31)7/h11,13,18,20,23-24,26,33,36H,3,9-10,12,14-17H2,1-2,4-8H3,(H,32,35). The first-order chi connectivity index (χ1) is 16.6. The van der Waals surface area contributed by atoms with Gasteiger partial charge in [-0.25, -0.2) is 5.48 Å². The van der Waals surface area contributed by atoms with Crippen molar-refractivity contribution in [1.29, 1.82) is 0 Å². The molecule has 200 valence electrons. The number of hydroxylamine groups is 1. The van der Waals surface area contributed by atoms with E-state index in [2.05, 4.69) is 67.2 Å². The van der Waals surface area contributed by atoms with Gasteiger partial charge in [0, 0.05) is 29.1 Å². The number of hydrogen-bond acceptors (Lipinski definition) is 4. The van der Waals surface area contributed by atoms with Gasteiger partial charge in [-0.1, -0.05) is 72.8 Å². The average Bonchev–Trinajstić information content (AvgIpc) is 3.02. The Morgan fingerprint density at radius 1 is 1.17 bits per heavy atom. The van der Waals surface area contributed by atoms with E-state index in [0.717, 1.165) is 24.8 Å². The molecule has 0 radical (unpaired) electrons. The molecule has 0 spiro atoms. The normalized spacial score (nSPS) is 39.9. The molecular formula is C31H47NO4. The molecule has 2 saturated carbocycles. The Morgan fingerprint density at radius 2 is 1.83 bits per heavy atom. The maximum atomic E-state index is 13.0. The first-order valence-corrected chi connectivity index (χ1v) is 13.9. The molecular weight excluding hydrogens is 450 g/mol. The molecule has 0 bridgehead atoms. The Morgan fingerprint density at radius 3 is 2.44 bits per heavy atom. The molecule has 0 aliphatic heterocycles. The monoisotopic (exact) mass is 497 g/mol. The molecule has 4 aliphatic carbocycles. The van der Waals surface area contributed by atoms with Crippen LogP contribution in [0.2, 0.25) is 0 Å². The predicted molar refractivity (Wildman–Crippen MR) is 142 cm³/mol. The van der Waals surface area contributed by atoms with E-state index >= 15 is 0 Å². The Balaban J connectivity index is 1.74. The van der Waals surface area contributed by atoms with Crippen LogP contribution in [0.25, 0.3) is 0 Å². The summed E-state index contributed by atoms with van der Waals surface area (Å²) in [6, 6.07) is 0. The molecule has 0 aromatic carbocycles. The van der Waals surface area contributed by atoms with Crippen molar-refractivity contribution in [1.82, 2.24) is 5.48 Å². The van der Waals surface area contributed by atoms with Crippen molar-refractivity contribution in [3.63, 3.8) is 0 Å². The van der Waals surface area contributed by atoms with E-state index in [9.17, 15) is 19.9 Å². The minimum absolute atomic E-state index is 0.0637. The third kappa shape index (κ3) is 3.71. The number of fused-ring (bicyclic) bond motifs is 5. The van der Waals surface area contributed by atoms with Crippen LogP contribution < -0.4 is 5.48 Å². The lowest BCUT2D eigenvalue weighted by Crippen LogP contribution is -2.53. The highest BCUT2D eigenvalue weighted by Crippen LogP contribution is 2.71. The van der Waals surface area contributed by atoms with Gasteiger partial charge in [-0.2, -0.15) is 0 Å². The number of hydrogen-bond donors (Lipinski definition) is 3. The number of nitrogens with one attached hydrogen (secondary N) is 1. The van der Waals surface area contributed by atoms with E-state index in [1.165, 1.54) is 11.1 Å². The lowest BCUT2D eigenvalue weighted by molar-refractivity contribution is -0.139. The molecule has 7 atom stereocenters. The molecule has 5 heteroatoms. The van der Waals surface area contributed by atoms with Crippen LogP contribution in [0.1, 0.15) is 93.4 Å². The molecule has 5 nitrogen and oxygen atoms in total. The van der Waals surface area contributed by atoms with E-state index in [-0.39, 0.29) is 33.5 Å². The molecule has 4 aliphatic rings. The highest BCUT2D eigenvalue weighted by Gasteiger charge is 2.66. The molecule has 4 rings (SSSR count). The number of rotatable bonds is 6. The van der Waals surface area contributed by atoms with Crippen molar-refractivity contribution in [3.05, 3.63) is 35.5 Å². The fraction of sp³-hybridized carbons (Fsp3) is 0.742. The summed E-state index contributed by atoms with van der Waals surface area (Å²) < 4.78 is 0. The van der Waals surface area contributed by atoms with Gasteiger partial charge in [-0.15, -0.1) is 0 Å². The quantitative estimate of drug-likeness (QED) is 0.233. The van der Waals surface area contributed by atoms with Crippen LogP contribution in [0.5, 0.6) is 0 Å². The second-order valence-electron chi connectivity index (χ2n) is 13.8. The van der Waals surface area contributed by atoms with Crippen LogP contribution in [0.3, 0.4) is 0 Å². The van der Waals surface area contributed by atoms with Gasteiger partial charge >= 0.3 is 0 Å². The topological polar surface area (TPSA) is 86.6 Å². The highest BCUT2D eigenvalue weighted by atomic mass is 16.5. The zero-order chi connectivity index (χ0) is 26.8. The lowest BCUT2D eigenvalue weighted by Gasteiger charge is -2.59. The van der Waals surface area contributed by atoms with Crippen LogP contribution in [-0.4, -0.2) is 28.1 Å². The van der Waals surface area contributed by atoms with Gasteiger partial charge in [0.15, 0.2) is 0 Å². The van der Waals surface area contributed by atoms with Gasteiger partial charge in [0.2, 0.25) is 5.91 Å². The van der Waals surface area contributed by atoms with Crippen molar-refractivity contribution < 1.29 is 19.9 Å². The Labute approximate surface area is 217 Å². The largest absolute Gasteiger partial charge is 0.393 e. The molecule has 3 N–H and O–H groups in total. The molecule has 36 heavy (non-hydrogen) atoms. The number of ketones is 1. The molecule has 0 aromatic heterocycles. The zero-order valence-electron chi connectivity index (χ0n) is 23.4. The maximum absolute atomic E-state index is 13.0. The summed E-state index contributed by atoms with van der Waals surface area (Å²) in [6.07, 6.45) is 9.06. The smallest absolute Gasteiger partial charge is 0.246 e. The van der Waals surface area contributed by atoms with Gasteiger partial charge in [0.25, 0.3) is 0 Å². The first kappa shape index (κ1) is 27.3. The van der Waals surface area contributed by atoms with Crippen molar-refractivity contribution in [2.75, 3.05) is 0 Å². The molecule has 0 aromatic rings. The predicted octanol–water partition coefficient (Wildman–Crippen LogP) is 6.17. The number of amides is 1. The Hall–Kier alpha value is -1.72. The molecule has 0 heterocycles. The maximum Gasteiger partial charge on any atom is 0.246 e. The second kappa shape index (κ2) is 8.94. The van der Waals surface area contributed by atoms with E-state index < -0.39 is 17.9 Å². The lowest BCUT2D eigenvalue weighted by atomic mass is 9.44. The zero-order valence-corrected chi connectivity index (χ0v) is 23.4. The van der Waals surface area contributed by atoms with Gasteiger partial charge in [0.1, 0.15) is 5.78 Å². The van der Waals surface area contributed by atoms with Crippen molar-refractivity contribution in [3.8, 4) is 0 Å². The van der Waals surface area contributed by atoms with Crippen molar-refractivity contribution in [2.24, 2.45) is 45.3 Å². The van der Waals surface area contributed by atoms with E-state index in [1.807, 2.05) is 5.48 Å². The van der Waals surface area contributed by atoms with E-state index in [1.54, 1.807) is 0 Å². The summed E-state index contributed by atoms with van der Waals surface area (Å²) in [7, 11) is 0. The molecule has 1 amide bonds. The van der Waals surface area contributed by atoms with E-state index in [4.69, 9.17) is 0 Å². The molecule has 7 unspecified atom stereocenters. The highest BCUT2D eigenvalue weighted by molar-refractivity contribution is 5.86. The van der Waals surface area contributed by atoms with Gasteiger partial charge < -0.3 is 5.11 Å². The van der Waals surface area contributed by atoms with Crippen LogP contribution >= 0.6 is 0 Å². The van der Waals surface area contributed by atoms with Gasteiger partial charge in [-0.05, 0) is 72.3 Å². The third-order valence-corrected chi connectivity index (χ3v) is 11.5. The van der Waals surface area contributed by atoms with Crippen molar-refractivity contribution >= 4 is 11.7 Å². The summed E-state index contributed by atoms with van der Waals surface area (Å²) in [5.41, 5.74) is 4.64. The summed E-state index contributed by atoms with van der Waals surface area (Å²) in [4.78, 5) is 25.8. The van der Waals surface area contributed by atoms with Crippen LogP contribution in [0.4, 0.5) is 0 Å². The summed E-state index contributed by atoms with van der Waals surface area (Å²) in [5.74, 6) is -0.222. The number of carbonyl (C=O) groups is 2. The van der Waals surface area contributed by atoms with Crippen molar-refractivity contribution in [2.45, 2.75) is 99.5 Å². The second-order valence-corrected chi connectivity index (χ2v) is 13.8. The number of carbonyl (C=O) groups excluding carboxylic acids is 2. The van der Waals surface area contributed by atoms with Crippen LogP contribution in [0, 0.1) is 45.3 Å². The minimum Gasteiger partial charge on any atom is -0.393 e. The minimum atomic E-state index is -0.641. The Bertz CT molecular complexity index is 1020. The fourth-order valence-electron chi connectivity index (χ4n) is 8.82. The molecule has 2 fully saturated rings. The third-order valence-electron chi connectivity index (χ3n) is 11.5. The number of Topliss-reactive ketones (excluding diaryl/α,β-unsaturated/α-hetero) is 1. The van der Waals surface area contributed by atoms with Gasteiger partial charge in [0.05, 0.1) is 6.10 Å². The number of aliphatic hydroxyl groups is 1.